The molecule has 0 atom stereocenters. The molecule has 0 saturated carbocycles. The number of rotatable bonds is 5. The van der Waals surface area contributed by atoms with E-state index in [0.717, 1.165) is 18.7 Å². The van der Waals surface area contributed by atoms with Gasteiger partial charge in [-0.15, -0.1) is 0 Å². The molecule has 0 bridgehead atoms. The second kappa shape index (κ2) is 5.89. The van der Waals surface area contributed by atoms with E-state index >= 15 is 0 Å². The van der Waals surface area contributed by atoms with Crippen LogP contribution in [0.3, 0.4) is 0 Å². The number of anilines is 1. The second-order valence-corrected chi connectivity index (χ2v) is 5.43. The summed E-state index contributed by atoms with van der Waals surface area (Å²) < 4.78 is 0. The van der Waals surface area contributed by atoms with Crippen LogP contribution in [-0.2, 0) is 0 Å². The molecule has 2 aromatic carbocycles. The van der Waals surface area contributed by atoms with Gasteiger partial charge in [-0.25, -0.2) is 0 Å². The SMILES string of the molecule is CC(C)(O)CCNc1ccc(-c2ccccc2)cc1. The molecule has 2 aromatic rings. The zero-order valence-electron chi connectivity index (χ0n) is 11.6. The van der Waals surface area contributed by atoms with Gasteiger partial charge in [0.15, 0.2) is 0 Å². The Bertz CT molecular complexity index is 497. The standard InChI is InChI=1S/C17H21NO/c1-17(2,19)12-13-18-16-10-8-15(9-11-16)14-6-4-3-5-7-14/h3-11,18-19H,12-13H2,1-2H3. The van der Waals surface area contributed by atoms with Gasteiger partial charge in [-0.05, 0) is 43.5 Å². The van der Waals surface area contributed by atoms with Crippen LogP contribution in [0.5, 0.6) is 0 Å². The number of hydrogen-bond acceptors (Lipinski definition) is 2. The lowest BCUT2D eigenvalue weighted by Gasteiger charge is -2.17. The molecule has 0 aliphatic rings. The molecule has 0 amide bonds. The van der Waals surface area contributed by atoms with E-state index in [1.54, 1.807) is 0 Å². The molecule has 0 unspecified atom stereocenters. The zero-order chi connectivity index (χ0) is 13.7. The van der Waals surface area contributed by atoms with Gasteiger partial charge in [-0.1, -0.05) is 42.5 Å². The van der Waals surface area contributed by atoms with E-state index in [2.05, 4.69) is 41.7 Å². The van der Waals surface area contributed by atoms with E-state index in [0.29, 0.717) is 0 Å². The minimum Gasteiger partial charge on any atom is -0.390 e. The topological polar surface area (TPSA) is 32.3 Å². The number of hydrogen-bond donors (Lipinski definition) is 2. The summed E-state index contributed by atoms with van der Waals surface area (Å²) in [7, 11) is 0. The van der Waals surface area contributed by atoms with Gasteiger partial charge in [0, 0.05) is 12.2 Å². The average molecular weight is 255 g/mol. The van der Waals surface area contributed by atoms with E-state index in [1.807, 2.05) is 32.0 Å². The molecule has 0 radical (unpaired) electrons. The summed E-state index contributed by atoms with van der Waals surface area (Å²) in [5.74, 6) is 0. The molecule has 2 rings (SSSR count). The van der Waals surface area contributed by atoms with E-state index in [9.17, 15) is 5.11 Å². The molecule has 0 fully saturated rings. The van der Waals surface area contributed by atoms with Gasteiger partial charge in [0.25, 0.3) is 0 Å². The highest BCUT2D eigenvalue weighted by Crippen LogP contribution is 2.21. The molecule has 0 aromatic heterocycles. The average Bonchev–Trinajstić information content (AvgIpc) is 2.39. The number of benzene rings is 2. The molecule has 0 spiro atoms. The molecule has 2 N–H and O–H groups in total. The van der Waals surface area contributed by atoms with Crippen molar-refractivity contribution < 1.29 is 5.11 Å². The highest BCUT2D eigenvalue weighted by atomic mass is 16.3. The fourth-order valence-corrected chi connectivity index (χ4v) is 1.92. The fraction of sp³-hybridized carbons (Fsp3) is 0.294. The first-order valence-electron chi connectivity index (χ1n) is 6.66. The molecule has 0 saturated heterocycles. The van der Waals surface area contributed by atoms with Crippen molar-refractivity contribution in [3.63, 3.8) is 0 Å². The Hall–Kier alpha value is -1.80. The molecule has 0 aliphatic heterocycles. The maximum Gasteiger partial charge on any atom is 0.0608 e. The third-order valence-corrected chi connectivity index (χ3v) is 3.06. The van der Waals surface area contributed by atoms with Crippen molar-refractivity contribution in [2.24, 2.45) is 0 Å². The van der Waals surface area contributed by atoms with Crippen molar-refractivity contribution in [1.29, 1.82) is 0 Å². The Balaban J connectivity index is 1.96. The molecule has 0 aliphatic carbocycles. The third-order valence-electron chi connectivity index (χ3n) is 3.06. The predicted octanol–water partition coefficient (Wildman–Crippen LogP) is 3.93. The van der Waals surface area contributed by atoms with Crippen LogP contribution < -0.4 is 5.32 Å². The minimum absolute atomic E-state index is 0.614. The second-order valence-electron chi connectivity index (χ2n) is 5.43. The van der Waals surface area contributed by atoms with Crippen molar-refractivity contribution in [3.8, 4) is 11.1 Å². The monoisotopic (exact) mass is 255 g/mol. The van der Waals surface area contributed by atoms with Crippen LogP contribution in [0, 0.1) is 0 Å². The lowest BCUT2D eigenvalue weighted by molar-refractivity contribution is 0.0749. The van der Waals surface area contributed by atoms with E-state index in [1.165, 1.54) is 11.1 Å². The summed E-state index contributed by atoms with van der Waals surface area (Å²) in [6.07, 6.45) is 0.730. The predicted molar refractivity (Wildman–Crippen MR) is 81.3 cm³/mol. The first kappa shape index (κ1) is 13.6. The van der Waals surface area contributed by atoms with Crippen LogP contribution in [0.4, 0.5) is 5.69 Å². The molecular formula is C17H21NO. The largest absolute Gasteiger partial charge is 0.390 e. The van der Waals surface area contributed by atoms with Crippen LogP contribution in [0.15, 0.2) is 54.6 Å². The van der Waals surface area contributed by atoms with Crippen LogP contribution in [0.2, 0.25) is 0 Å². The van der Waals surface area contributed by atoms with Crippen molar-refractivity contribution in [2.75, 3.05) is 11.9 Å². The number of aliphatic hydroxyl groups is 1. The van der Waals surface area contributed by atoms with Crippen LogP contribution in [0.1, 0.15) is 20.3 Å². The Labute approximate surface area is 115 Å². The van der Waals surface area contributed by atoms with Crippen molar-refractivity contribution in [1.82, 2.24) is 0 Å². The van der Waals surface area contributed by atoms with Crippen molar-refractivity contribution in [3.05, 3.63) is 54.6 Å². The van der Waals surface area contributed by atoms with Crippen molar-refractivity contribution in [2.45, 2.75) is 25.9 Å². The maximum atomic E-state index is 9.65. The van der Waals surface area contributed by atoms with Gasteiger partial charge in [-0.2, -0.15) is 0 Å². The lowest BCUT2D eigenvalue weighted by atomic mass is 10.0. The molecule has 19 heavy (non-hydrogen) atoms. The summed E-state index contributed by atoms with van der Waals surface area (Å²) in [4.78, 5) is 0. The quantitative estimate of drug-likeness (QED) is 0.848. The zero-order valence-corrected chi connectivity index (χ0v) is 11.6. The smallest absolute Gasteiger partial charge is 0.0608 e. The van der Waals surface area contributed by atoms with Gasteiger partial charge >= 0.3 is 0 Å². The van der Waals surface area contributed by atoms with Crippen LogP contribution >= 0.6 is 0 Å². The van der Waals surface area contributed by atoms with Gasteiger partial charge < -0.3 is 10.4 Å². The van der Waals surface area contributed by atoms with Crippen LogP contribution in [-0.4, -0.2) is 17.3 Å². The minimum atomic E-state index is -0.614. The van der Waals surface area contributed by atoms with E-state index < -0.39 is 5.60 Å². The first-order chi connectivity index (χ1) is 9.04. The van der Waals surface area contributed by atoms with Crippen molar-refractivity contribution >= 4 is 5.69 Å². The Kier molecular flexibility index (Phi) is 4.23. The summed E-state index contributed by atoms with van der Waals surface area (Å²) in [6.45, 7) is 4.43. The maximum absolute atomic E-state index is 9.65. The number of nitrogens with one attached hydrogen (secondary N) is 1. The van der Waals surface area contributed by atoms with Gasteiger partial charge in [0.2, 0.25) is 0 Å². The highest BCUT2D eigenvalue weighted by molar-refractivity contribution is 5.65. The Morgan fingerprint density at radius 2 is 1.47 bits per heavy atom. The summed E-state index contributed by atoms with van der Waals surface area (Å²) in [6, 6.07) is 18.7. The van der Waals surface area contributed by atoms with E-state index in [-0.39, 0.29) is 0 Å². The molecular weight excluding hydrogens is 234 g/mol. The Morgan fingerprint density at radius 1 is 0.895 bits per heavy atom. The lowest BCUT2D eigenvalue weighted by Crippen LogP contribution is -2.22. The molecule has 2 nitrogen and oxygen atoms in total. The van der Waals surface area contributed by atoms with Gasteiger partial charge in [0.05, 0.1) is 5.60 Å². The summed E-state index contributed by atoms with van der Waals surface area (Å²) in [5, 5.41) is 13.0. The third kappa shape index (κ3) is 4.42. The highest BCUT2D eigenvalue weighted by Gasteiger charge is 2.10. The Morgan fingerprint density at radius 3 is 2.05 bits per heavy atom. The summed E-state index contributed by atoms with van der Waals surface area (Å²) in [5.41, 5.74) is 2.92. The molecule has 100 valence electrons. The van der Waals surface area contributed by atoms with Gasteiger partial charge in [-0.3, -0.25) is 0 Å². The van der Waals surface area contributed by atoms with Crippen LogP contribution in [0.25, 0.3) is 11.1 Å². The summed E-state index contributed by atoms with van der Waals surface area (Å²) >= 11 is 0. The molecule has 2 heteroatoms. The first-order valence-corrected chi connectivity index (χ1v) is 6.66. The molecule has 0 heterocycles. The van der Waals surface area contributed by atoms with Gasteiger partial charge in [0.1, 0.15) is 0 Å². The normalized spacial score (nSPS) is 11.3. The fourth-order valence-electron chi connectivity index (χ4n) is 1.92. The van der Waals surface area contributed by atoms with E-state index in [4.69, 9.17) is 0 Å².